The standard InChI is InChI=1S/C10H12ClN3O3S/c1-6-2-7(4-13-10(6)11)14-5-8(3-9(14)15)18(12,16)17/h2,4,8H,3,5H2,1H3,(H2,12,16,17). The Balaban J connectivity index is 2.30. The van der Waals surface area contributed by atoms with E-state index in [0.29, 0.717) is 10.8 Å². The van der Waals surface area contributed by atoms with Crippen molar-refractivity contribution in [2.24, 2.45) is 5.14 Å². The van der Waals surface area contributed by atoms with E-state index in [1.165, 1.54) is 11.1 Å². The maximum Gasteiger partial charge on any atom is 0.228 e. The van der Waals surface area contributed by atoms with Gasteiger partial charge in [0.2, 0.25) is 15.9 Å². The number of aryl methyl sites for hydroxylation is 1. The molecule has 1 atom stereocenters. The Hall–Kier alpha value is -1.18. The van der Waals surface area contributed by atoms with Crippen LogP contribution < -0.4 is 10.0 Å². The van der Waals surface area contributed by atoms with Crippen LogP contribution in [0.4, 0.5) is 5.69 Å². The number of carbonyl (C=O) groups is 1. The van der Waals surface area contributed by atoms with Crippen LogP contribution in [-0.4, -0.2) is 31.1 Å². The number of nitrogens with two attached hydrogens (primary N) is 1. The summed E-state index contributed by atoms with van der Waals surface area (Å²) in [5.74, 6) is -0.280. The highest BCUT2D eigenvalue weighted by Crippen LogP contribution is 2.26. The van der Waals surface area contributed by atoms with Crippen molar-refractivity contribution in [3.63, 3.8) is 0 Å². The summed E-state index contributed by atoms with van der Waals surface area (Å²) in [5.41, 5.74) is 1.26. The summed E-state index contributed by atoms with van der Waals surface area (Å²) in [6, 6.07) is 1.69. The molecule has 1 amide bonds. The summed E-state index contributed by atoms with van der Waals surface area (Å²) in [4.78, 5) is 17.1. The molecule has 1 aromatic heterocycles. The van der Waals surface area contributed by atoms with E-state index >= 15 is 0 Å². The molecule has 2 heterocycles. The van der Waals surface area contributed by atoms with E-state index in [1.54, 1.807) is 13.0 Å². The normalized spacial score (nSPS) is 20.5. The lowest BCUT2D eigenvalue weighted by atomic mass is 10.3. The van der Waals surface area contributed by atoms with Crippen LogP contribution in [0.15, 0.2) is 12.3 Å². The maximum atomic E-state index is 11.8. The van der Waals surface area contributed by atoms with Crippen molar-refractivity contribution in [1.29, 1.82) is 0 Å². The van der Waals surface area contributed by atoms with Crippen LogP contribution in [0, 0.1) is 6.92 Å². The van der Waals surface area contributed by atoms with Gasteiger partial charge in [0, 0.05) is 13.0 Å². The van der Waals surface area contributed by atoms with Crippen LogP contribution in [-0.2, 0) is 14.8 Å². The van der Waals surface area contributed by atoms with Gasteiger partial charge >= 0.3 is 0 Å². The zero-order chi connectivity index (χ0) is 13.5. The molecule has 98 valence electrons. The molecule has 0 radical (unpaired) electrons. The number of hydrogen-bond donors (Lipinski definition) is 1. The van der Waals surface area contributed by atoms with E-state index in [4.69, 9.17) is 16.7 Å². The van der Waals surface area contributed by atoms with Gasteiger partial charge in [-0.2, -0.15) is 0 Å². The first kappa shape index (κ1) is 13.3. The maximum absolute atomic E-state index is 11.8. The molecular formula is C10H12ClN3O3S. The summed E-state index contributed by atoms with van der Waals surface area (Å²) in [6.07, 6.45) is 1.35. The Labute approximate surface area is 110 Å². The average Bonchev–Trinajstić information content (AvgIpc) is 2.64. The minimum Gasteiger partial charge on any atom is -0.309 e. The zero-order valence-corrected chi connectivity index (χ0v) is 11.2. The Bertz CT molecular complexity index is 602. The second-order valence-electron chi connectivity index (χ2n) is 4.22. The number of sulfonamides is 1. The Morgan fingerprint density at radius 2 is 2.22 bits per heavy atom. The van der Waals surface area contributed by atoms with Crippen molar-refractivity contribution >= 4 is 33.2 Å². The van der Waals surface area contributed by atoms with Gasteiger partial charge in [0.1, 0.15) is 10.4 Å². The molecule has 0 aromatic carbocycles. The molecule has 0 spiro atoms. The van der Waals surface area contributed by atoms with E-state index in [2.05, 4.69) is 4.98 Å². The number of amides is 1. The monoisotopic (exact) mass is 289 g/mol. The number of hydrogen-bond acceptors (Lipinski definition) is 4. The van der Waals surface area contributed by atoms with Crippen molar-refractivity contribution in [2.75, 3.05) is 11.4 Å². The highest BCUT2D eigenvalue weighted by molar-refractivity contribution is 7.89. The first-order chi connectivity index (χ1) is 8.29. The topological polar surface area (TPSA) is 93.4 Å². The highest BCUT2D eigenvalue weighted by atomic mass is 35.5. The lowest BCUT2D eigenvalue weighted by Gasteiger charge is -2.16. The third-order valence-corrected chi connectivity index (χ3v) is 4.51. The van der Waals surface area contributed by atoms with Gasteiger partial charge in [-0.3, -0.25) is 4.79 Å². The van der Waals surface area contributed by atoms with Crippen molar-refractivity contribution in [1.82, 2.24) is 4.98 Å². The smallest absolute Gasteiger partial charge is 0.228 e. The summed E-state index contributed by atoms with van der Waals surface area (Å²) in [7, 11) is -3.70. The van der Waals surface area contributed by atoms with Gasteiger partial charge in [-0.25, -0.2) is 18.5 Å². The Morgan fingerprint density at radius 1 is 1.56 bits per heavy atom. The summed E-state index contributed by atoms with van der Waals surface area (Å²) in [5, 5.41) is 4.55. The molecule has 18 heavy (non-hydrogen) atoms. The summed E-state index contributed by atoms with van der Waals surface area (Å²) < 4.78 is 22.5. The Kier molecular flexibility index (Phi) is 3.31. The van der Waals surface area contributed by atoms with Gasteiger partial charge < -0.3 is 4.90 Å². The molecular weight excluding hydrogens is 278 g/mol. The van der Waals surface area contributed by atoms with Crippen LogP contribution >= 0.6 is 11.6 Å². The van der Waals surface area contributed by atoms with Gasteiger partial charge in [0.05, 0.1) is 11.9 Å². The van der Waals surface area contributed by atoms with Gasteiger partial charge in [0.25, 0.3) is 0 Å². The molecule has 1 fully saturated rings. The number of nitrogens with zero attached hydrogens (tertiary/aromatic N) is 2. The molecule has 2 rings (SSSR count). The summed E-state index contributed by atoms with van der Waals surface area (Å²) >= 11 is 5.79. The first-order valence-electron chi connectivity index (χ1n) is 5.23. The predicted molar refractivity (Wildman–Crippen MR) is 67.8 cm³/mol. The summed E-state index contributed by atoms with van der Waals surface area (Å²) in [6.45, 7) is 1.82. The van der Waals surface area contributed by atoms with E-state index in [9.17, 15) is 13.2 Å². The first-order valence-corrected chi connectivity index (χ1v) is 7.22. The van der Waals surface area contributed by atoms with Gasteiger partial charge in [-0.05, 0) is 18.6 Å². The lowest BCUT2D eigenvalue weighted by molar-refractivity contribution is -0.117. The number of rotatable bonds is 2. The van der Waals surface area contributed by atoms with E-state index in [0.717, 1.165) is 5.56 Å². The van der Waals surface area contributed by atoms with Crippen molar-refractivity contribution in [2.45, 2.75) is 18.6 Å². The van der Waals surface area contributed by atoms with Crippen molar-refractivity contribution in [3.05, 3.63) is 23.0 Å². The minimum absolute atomic E-state index is 0.0560. The number of carbonyl (C=O) groups excluding carboxylic acids is 1. The zero-order valence-electron chi connectivity index (χ0n) is 9.63. The minimum atomic E-state index is -3.70. The second-order valence-corrected chi connectivity index (χ2v) is 6.42. The fourth-order valence-corrected chi connectivity index (χ4v) is 2.67. The number of halogens is 1. The SMILES string of the molecule is Cc1cc(N2CC(S(N)(=O)=O)CC2=O)cnc1Cl. The van der Waals surface area contributed by atoms with E-state index < -0.39 is 15.3 Å². The molecule has 1 aromatic rings. The molecule has 0 aliphatic carbocycles. The second kappa shape index (κ2) is 4.49. The third-order valence-electron chi connectivity index (χ3n) is 2.87. The van der Waals surface area contributed by atoms with E-state index in [-0.39, 0.29) is 18.9 Å². The van der Waals surface area contributed by atoms with Crippen molar-refractivity contribution in [3.8, 4) is 0 Å². The number of anilines is 1. The van der Waals surface area contributed by atoms with Crippen LogP contribution in [0.1, 0.15) is 12.0 Å². The lowest BCUT2D eigenvalue weighted by Crippen LogP contribution is -2.32. The quantitative estimate of drug-likeness (QED) is 0.799. The van der Waals surface area contributed by atoms with Crippen LogP contribution in [0.25, 0.3) is 0 Å². The number of aromatic nitrogens is 1. The molecule has 0 saturated carbocycles. The fourth-order valence-electron chi connectivity index (χ4n) is 1.84. The average molecular weight is 290 g/mol. The third kappa shape index (κ3) is 2.47. The highest BCUT2D eigenvalue weighted by Gasteiger charge is 2.37. The molecule has 1 saturated heterocycles. The molecule has 8 heteroatoms. The molecule has 1 aliphatic heterocycles. The molecule has 1 unspecified atom stereocenters. The largest absolute Gasteiger partial charge is 0.309 e. The van der Waals surface area contributed by atoms with Crippen molar-refractivity contribution < 1.29 is 13.2 Å². The predicted octanol–water partition coefficient (Wildman–Crippen LogP) is 0.437. The molecule has 6 nitrogen and oxygen atoms in total. The van der Waals surface area contributed by atoms with Crippen LogP contribution in [0.2, 0.25) is 5.15 Å². The molecule has 1 aliphatic rings. The fraction of sp³-hybridized carbons (Fsp3) is 0.400. The van der Waals surface area contributed by atoms with Crippen LogP contribution in [0.5, 0.6) is 0 Å². The van der Waals surface area contributed by atoms with Gasteiger partial charge in [0.15, 0.2) is 0 Å². The van der Waals surface area contributed by atoms with Crippen LogP contribution in [0.3, 0.4) is 0 Å². The Morgan fingerprint density at radius 3 is 2.72 bits per heavy atom. The number of pyridine rings is 1. The van der Waals surface area contributed by atoms with Gasteiger partial charge in [-0.15, -0.1) is 0 Å². The molecule has 0 bridgehead atoms. The molecule has 2 N–H and O–H groups in total. The number of primary sulfonamides is 1. The van der Waals surface area contributed by atoms with E-state index in [1.807, 2.05) is 0 Å². The van der Waals surface area contributed by atoms with Gasteiger partial charge in [-0.1, -0.05) is 11.6 Å².